The molecule has 0 atom stereocenters. The largest absolute Gasteiger partial charge is 0.444 e. The van der Waals surface area contributed by atoms with Gasteiger partial charge in [0.15, 0.2) is 10.4 Å². The lowest BCUT2D eigenvalue weighted by molar-refractivity contribution is 0.0921. The molecule has 1 aliphatic heterocycles. The molecule has 1 aliphatic rings. The van der Waals surface area contributed by atoms with Crippen molar-refractivity contribution in [2.24, 2.45) is 0 Å². The van der Waals surface area contributed by atoms with Gasteiger partial charge in [-0.2, -0.15) is 0 Å². The zero-order valence-corrected chi connectivity index (χ0v) is 16.3. The van der Waals surface area contributed by atoms with Crippen molar-refractivity contribution in [1.29, 1.82) is 0 Å². The van der Waals surface area contributed by atoms with Crippen LogP contribution < -0.4 is 5.32 Å². The number of carbonyl (C=O) groups is 1. The van der Waals surface area contributed by atoms with Crippen LogP contribution in [-0.4, -0.2) is 23.9 Å². The molecule has 0 radical (unpaired) electrons. The van der Waals surface area contributed by atoms with Crippen LogP contribution in [0.4, 0.5) is 0 Å². The highest BCUT2D eigenvalue weighted by molar-refractivity contribution is 9.10. The predicted molar refractivity (Wildman–Crippen MR) is 103 cm³/mol. The lowest BCUT2D eigenvalue weighted by Crippen LogP contribution is -2.24. The topological polar surface area (TPSA) is 45.5 Å². The molecule has 0 saturated carbocycles. The van der Waals surface area contributed by atoms with Gasteiger partial charge in [0.1, 0.15) is 0 Å². The maximum Gasteiger partial charge on any atom is 0.287 e. The highest BCUT2D eigenvalue weighted by Crippen LogP contribution is 2.19. The third-order valence-electron chi connectivity index (χ3n) is 4.64. The highest BCUT2D eigenvalue weighted by Gasteiger charge is 2.15. The van der Waals surface area contributed by atoms with Gasteiger partial charge in [-0.05, 0) is 66.0 Å². The minimum absolute atomic E-state index is 0.180. The zero-order chi connectivity index (χ0) is 17.6. The van der Waals surface area contributed by atoms with Gasteiger partial charge in [0.2, 0.25) is 0 Å². The van der Waals surface area contributed by atoms with Gasteiger partial charge in [-0.15, -0.1) is 0 Å². The number of amides is 1. The van der Waals surface area contributed by atoms with Crippen LogP contribution >= 0.6 is 15.9 Å². The van der Waals surface area contributed by atoms with Gasteiger partial charge in [-0.25, -0.2) is 0 Å². The number of carbonyl (C=O) groups excluding carboxylic acids is 1. The van der Waals surface area contributed by atoms with Gasteiger partial charge in [-0.3, -0.25) is 9.69 Å². The van der Waals surface area contributed by atoms with E-state index in [1.165, 1.54) is 44.3 Å². The molecule has 5 heteroatoms. The second-order valence-electron chi connectivity index (χ2n) is 6.76. The molecule has 0 bridgehead atoms. The summed E-state index contributed by atoms with van der Waals surface area (Å²) in [4.78, 5) is 14.8. The van der Waals surface area contributed by atoms with Crippen LogP contribution in [0.2, 0.25) is 0 Å². The molecule has 0 spiro atoms. The predicted octanol–water partition coefficient (Wildman–Crippen LogP) is 4.66. The first-order valence-electron chi connectivity index (χ1n) is 8.96. The number of nitrogens with zero attached hydrogens (tertiary/aromatic N) is 1. The van der Waals surface area contributed by atoms with Crippen molar-refractivity contribution in [2.75, 3.05) is 13.1 Å². The summed E-state index contributed by atoms with van der Waals surface area (Å²) in [5, 5.41) is 2.94. The average molecular weight is 405 g/mol. The summed E-state index contributed by atoms with van der Waals surface area (Å²) in [6, 6.07) is 10.3. The van der Waals surface area contributed by atoms with E-state index in [4.69, 9.17) is 4.42 Å². The first-order valence-corrected chi connectivity index (χ1v) is 9.75. The first kappa shape index (κ1) is 18.2. The Hall–Kier alpha value is -1.59. The smallest absolute Gasteiger partial charge is 0.287 e. The molecular formula is C20H25BrN2O2. The van der Waals surface area contributed by atoms with Crippen molar-refractivity contribution < 1.29 is 9.21 Å². The van der Waals surface area contributed by atoms with E-state index >= 15 is 0 Å². The molecule has 1 aromatic carbocycles. The van der Waals surface area contributed by atoms with Crippen molar-refractivity contribution in [3.63, 3.8) is 0 Å². The van der Waals surface area contributed by atoms with Gasteiger partial charge in [-0.1, -0.05) is 37.1 Å². The molecule has 1 amide bonds. The van der Waals surface area contributed by atoms with E-state index in [0.29, 0.717) is 17.0 Å². The van der Waals surface area contributed by atoms with Gasteiger partial charge in [0.25, 0.3) is 5.91 Å². The van der Waals surface area contributed by atoms with Gasteiger partial charge in [0, 0.05) is 18.7 Å². The normalized spacial score (nSPS) is 15.8. The molecule has 2 heterocycles. The first-order chi connectivity index (χ1) is 12.1. The maximum atomic E-state index is 12.3. The van der Waals surface area contributed by atoms with Crippen LogP contribution in [0.25, 0.3) is 0 Å². The van der Waals surface area contributed by atoms with Gasteiger partial charge >= 0.3 is 0 Å². The van der Waals surface area contributed by atoms with Crippen molar-refractivity contribution >= 4 is 21.8 Å². The van der Waals surface area contributed by atoms with Crippen molar-refractivity contribution in [3.05, 3.63) is 57.5 Å². The third-order valence-corrected chi connectivity index (χ3v) is 5.03. The number of aryl methyl sites for hydroxylation is 1. The van der Waals surface area contributed by atoms with E-state index in [-0.39, 0.29) is 5.91 Å². The molecule has 0 unspecified atom stereocenters. The highest BCUT2D eigenvalue weighted by atomic mass is 79.9. The van der Waals surface area contributed by atoms with E-state index in [1.807, 2.05) is 6.92 Å². The fourth-order valence-electron chi connectivity index (χ4n) is 3.32. The summed E-state index contributed by atoms with van der Waals surface area (Å²) >= 11 is 3.26. The van der Waals surface area contributed by atoms with Crippen molar-refractivity contribution in [3.8, 4) is 0 Å². The van der Waals surface area contributed by atoms with Crippen molar-refractivity contribution in [2.45, 2.75) is 45.7 Å². The Balaban J connectivity index is 1.57. The molecule has 134 valence electrons. The Bertz CT molecular complexity index is 718. The van der Waals surface area contributed by atoms with E-state index in [0.717, 1.165) is 17.7 Å². The minimum atomic E-state index is -0.180. The molecule has 1 N–H and O–H groups in total. The molecule has 25 heavy (non-hydrogen) atoms. The molecule has 2 aromatic rings. The quantitative estimate of drug-likeness (QED) is 0.787. The lowest BCUT2D eigenvalue weighted by Gasteiger charge is -2.20. The van der Waals surface area contributed by atoms with Gasteiger partial charge in [0.05, 0.1) is 0 Å². The second-order valence-corrected chi connectivity index (χ2v) is 7.54. The Morgan fingerprint density at radius 3 is 2.56 bits per heavy atom. The Morgan fingerprint density at radius 1 is 1.16 bits per heavy atom. The van der Waals surface area contributed by atoms with E-state index in [9.17, 15) is 4.79 Å². The molecule has 1 saturated heterocycles. The molecule has 3 rings (SSSR count). The van der Waals surface area contributed by atoms with Crippen molar-refractivity contribution in [1.82, 2.24) is 10.2 Å². The lowest BCUT2D eigenvalue weighted by atomic mass is 10.1. The van der Waals surface area contributed by atoms with Crippen LogP contribution in [0.15, 0.2) is 39.4 Å². The fourth-order valence-corrected chi connectivity index (χ4v) is 3.83. The van der Waals surface area contributed by atoms with Gasteiger partial charge < -0.3 is 9.73 Å². The number of furan rings is 1. The number of rotatable bonds is 5. The molecule has 4 nitrogen and oxygen atoms in total. The number of hydrogen-bond acceptors (Lipinski definition) is 3. The van der Waals surface area contributed by atoms with E-state index in [1.54, 1.807) is 6.07 Å². The third kappa shape index (κ3) is 5.19. The number of halogens is 1. The van der Waals surface area contributed by atoms with Crippen LogP contribution in [0.5, 0.6) is 0 Å². The van der Waals surface area contributed by atoms with E-state index < -0.39 is 0 Å². The van der Waals surface area contributed by atoms with Crippen LogP contribution in [0.1, 0.15) is 52.9 Å². The van der Waals surface area contributed by atoms with Crippen LogP contribution in [-0.2, 0) is 13.1 Å². The Labute approximate surface area is 157 Å². The number of likely N-dealkylation sites (tertiary alicyclic amines) is 1. The SMILES string of the molecule is Cc1cc(Br)oc1C(=O)NCc1cccc(CN2CCCCCC2)c1. The summed E-state index contributed by atoms with van der Waals surface area (Å²) < 4.78 is 5.98. The summed E-state index contributed by atoms with van der Waals surface area (Å²) in [6.07, 6.45) is 5.30. The Kier molecular flexibility index (Phi) is 6.32. The second kappa shape index (κ2) is 8.68. The van der Waals surface area contributed by atoms with Crippen LogP contribution in [0.3, 0.4) is 0 Å². The summed E-state index contributed by atoms with van der Waals surface area (Å²) in [7, 11) is 0. The standard InChI is InChI=1S/C20H25BrN2O2/c1-15-11-18(21)25-19(15)20(24)22-13-16-7-6-8-17(12-16)14-23-9-4-2-3-5-10-23/h6-8,11-12H,2-5,9-10,13-14H2,1H3,(H,22,24). The average Bonchev–Trinajstić information content (AvgIpc) is 2.78. The maximum absolute atomic E-state index is 12.3. The summed E-state index contributed by atoms with van der Waals surface area (Å²) in [5.74, 6) is 0.189. The van der Waals surface area contributed by atoms with Crippen LogP contribution in [0, 0.1) is 6.92 Å². The number of nitrogens with one attached hydrogen (secondary N) is 1. The number of hydrogen-bond donors (Lipinski definition) is 1. The summed E-state index contributed by atoms with van der Waals surface area (Å²) in [6.45, 7) is 5.74. The Morgan fingerprint density at radius 2 is 1.88 bits per heavy atom. The summed E-state index contributed by atoms with van der Waals surface area (Å²) in [5.41, 5.74) is 3.26. The van der Waals surface area contributed by atoms with E-state index in [2.05, 4.69) is 50.4 Å². The number of benzene rings is 1. The molecular weight excluding hydrogens is 380 g/mol. The fraction of sp³-hybridized carbons (Fsp3) is 0.450. The molecule has 1 fully saturated rings. The molecule has 1 aromatic heterocycles. The minimum Gasteiger partial charge on any atom is -0.444 e. The zero-order valence-electron chi connectivity index (χ0n) is 14.7. The monoisotopic (exact) mass is 404 g/mol. The molecule has 0 aliphatic carbocycles.